The van der Waals surface area contributed by atoms with Gasteiger partial charge in [-0.05, 0) is 19.1 Å². The van der Waals surface area contributed by atoms with Gasteiger partial charge in [0, 0.05) is 37.0 Å². The van der Waals surface area contributed by atoms with Gasteiger partial charge in [-0.3, -0.25) is 4.79 Å². The van der Waals surface area contributed by atoms with E-state index >= 15 is 0 Å². The minimum Gasteiger partial charge on any atom is -0.376 e. The van der Waals surface area contributed by atoms with Crippen molar-refractivity contribution in [1.82, 2.24) is 9.62 Å². The van der Waals surface area contributed by atoms with E-state index in [1.807, 2.05) is 36.1 Å². The van der Waals surface area contributed by atoms with Crippen LogP contribution < -0.4 is 4.72 Å². The van der Waals surface area contributed by atoms with E-state index in [-0.39, 0.29) is 23.8 Å². The van der Waals surface area contributed by atoms with Crippen LogP contribution in [-0.2, 0) is 14.8 Å². The number of ether oxygens (including phenoxy) is 1. The molecule has 0 spiro atoms. The Labute approximate surface area is 136 Å². The van der Waals surface area contributed by atoms with Gasteiger partial charge >= 0.3 is 0 Å². The van der Waals surface area contributed by atoms with Gasteiger partial charge in [0.2, 0.25) is 10.0 Å². The minimum absolute atomic E-state index is 0.00937. The predicted molar refractivity (Wildman–Crippen MR) is 86.6 cm³/mol. The highest BCUT2D eigenvalue weighted by atomic mass is 32.2. The molecule has 0 unspecified atom stereocenters. The maximum Gasteiger partial charge on any atom is 0.253 e. The molecule has 2 aliphatic rings. The summed E-state index contributed by atoms with van der Waals surface area (Å²) >= 11 is 0. The summed E-state index contributed by atoms with van der Waals surface area (Å²) in [5.74, 6) is 0.324. The van der Waals surface area contributed by atoms with E-state index in [1.54, 1.807) is 0 Å². The van der Waals surface area contributed by atoms with Crippen molar-refractivity contribution >= 4 is 15.9 Å². The Morgan fingerprint density at radius 2 is 2.17 bits per heavy atom. The number of rotatable bonds is 4. The molecular formula is C16H22N2O4S. The van der Waals surface area contributed by atoms with Crippen molar-refractivity contribution in [3.8, 4) is 0 Å². The number of carbonyl (C=O) groups is 1. The predicted octanol–water partition coefficient (Wildman–Crippen LogP) is 0.631. The number of nitrogens with zero attached hydrogens (tertiary/aromatic N) is 1. The molecule has 0 bridgehead atoms. The monoisotopic (exact) mass is 338 g/mol. The maximum absolute atomic E-state index is 12.6. The highest BCUT2D eigenvalue weighted by molar-refractivity contribution is 7.88. The van der Waals surface area contributed by atoms with Crippen LogP contribution >= 0.6 is 0 Å². The number of sulfonamides is 1. The molecule has 23 heavy (non-hydrogen) atoms. The molecule has 2 saturated heterocycles. The third-order valence-corrected chi connectivity index (χ3v) is 5.29. The summed E-state index contributed by atoms with van der Waals surface area (Å²) in [4.78, 5) is 14.4. The molecule has 1 N–H and O–H groups in total. The summed E-state index contributed by atoms with van der Waals surface area (Å²) in [6.45, 7) is 4.07. The first-order chi connectivity index (χ1) is 10.8. The van der Waals surface area contributed by atoms with Crippen LogP contribution in [0.25, 0.3) is 0 Å². The lowest BCUT2D eigenvalue weighted by molar-refractivity contribution is 0.0678. The van der Waals surface area contributed by atoms with Gasteiger partial charge < -0.3 is 9.64 Å². The Morgan fingerprint density at radius 3 is 2.87 bits per heavy atom. The summed E-state index contributed by atoms with van der Waals surface area (Å²) in [6, 6.07) is 7.56. The molecule has 126 valence electrons. The Kier molecular flexibility index (Phi) is 4.44. The van der Waals surface area contributed by atoms with E-state index < -0.39 is 10.0 Å². The molecule has 1 aromatic carbocycles. The Bertz CT molecular complexity index is 704. The zero-order chi connectivity index (χ0) is 16.6. The number of aryl methyl sites for hydroxylation is 1. The van der Waals surface area contributed by atoms with Crippen molar-refractivity contribution in [2.75, 3.05) is 32.5 Å². The average Bonchev–Trinajstić information content (AvgIpc) is 3.04. The number of hydrogen-bond acceptors (Lipinski definition) is 4. The molecule has 3 rings (SSSR count). The lowest BCUT2D eigenvalue weighted by atomic mass is 9.93. The van der Waals surface area contributed by atoms with Crippen molar-refractivity contribution in [3.63, 3.8) is 0 Å². The van der Waals surface area contributed by atoms with Gasteiger partial charge in [-0.2, -0.15) is 0 Å². The summed E-state index contributed by atoms with van der Waals surface area (Å²) < 4.78 is 30.8. The molecular weight excluding hydrogens is 316 g/mol. The second kappa shape index (κ2) is 6.22. The normalized spacial score (nSPS) is 27.2. The van der Waals surface area contributed by atoms with Crippen molar-refractivity contribution < 1.29 is 17.9 Å². The zero-order valence-corrected chi connectivity index (χ0v) is 14.2. The molecule has 2 aliphatic heterocycles. The first-order valence-corrected chi connectivity index (χ1v) is 9.65. The maximum atomic E-state index is 12.6. The molecule has 3 atom stereocenters. The highest BCUT2D eigenvalue weighted by Crippen LogP contribution is 2.34. The fourth-order valence-electron chi connectivity index (χ4n) is 3.39. The van der Waals surface area contributed by atoms with Crippen LogP contribution in [0.3, 0.4) is 0 Å². The SMILES string of the molecule is Cc1cccc(C(=O)N2C[C@@H]3[C@@H](CNS(C)(=O)=O)CO[C@@H]3C2)c1. The zero-order valence-electron chi connectivity index (χ0n) is 13.4. The fourth-order valence-corrected chi connectivity index (χ4v) is 3.91. The van der Waals surface area contributed by atoms with Crippen LogP contribution in [0.15, 0.2) is 24.3 Å². The number of hydrogen-bond donors (Lipinski definition) is 1. The van der Waals surface area contributed by atoms with Gasteiger partial charge in [-0.1, -0.05) is 17.7 Å². The van der Waals surface area contributed by atoms with E-state index in [1.165, 1.54) is 0 Å². The standard InChI is InChI=1S/C16H22N2O4S/c1-11-4-3-5-12(6-11)16(19)18-8-14-13(7-17-23(2,20)21)10-22-15(14)9-18/h3-6,13-15,17H,7-10H2,1-2H3/t13-,14+,15+/m0/s1. The number of amides is 1. The van der Waals surface area contributed by atoms with Crippen LogP contribution in [0.5, 0.6) is 0 Å². The van der Waals surface area contributed by atoms with Gasteiger partial charge in [-0.25, -0.2) is 13.1 Å². The number of nitrogens with one attached hydrogen (secondary N) is 1. The van der Waals surface area contributed by atoms with E-state index in [0.29, 0.717) is 31.8 Å². The van der Waals surface area contributed by atoms with Gasteiger partial charge in [0.1, 0.15) is 0 Å². The van der Waals surface area contributed by atoms with Crippen LogP contribution in [0, 0.1) is 18.8 Å². The van der Waals surface area contributed by atoms with E-state index in [4.69, 9.17) is 4.74 Å². The Balaban J connectivity index is 1.65. The van der Waals surface area contributed by atoms with Crippen LogP contribution in [0.4, 0.5) is 0 Å². The first-order valence-electron chi connectivity index (χ1n) is 7.75. The topological polar surface area (TPSA) is 75.7 Å². The summed E-state index contributed by atoms with van der Waals surface area (Å²) in [6.07, 6.45) is 1.16. The molecule has 7 heteroatoms. The molecule has 2 heterocycles. The lowest BCUT2D eigenvalue weighted by Gasteiger charge is -2.20. The Morgan fingerprint density at radius 1 is 1.39 bits per heavy atom. The van der Waals surface area contributed by atoms with E-state index in [0.717, 1.165) is 11.8 Å². The molecule has 1 amide bonds. The Hall–Kier alpha value is -1.44. The highest BCUT2D eigenvalue weighted by Gasteiger charge is 2.45. The van der Waals surface area contributed by atoms with Gasteiger partial charge in [0.25, 0.3) is 5.91 Å². The average molecular weight is 338 g/mol. The second-order valence-corrected chi connectivity index (χ2v) is 8.33. The summed E-state index contributed by atoms with van der Waals surface area (Å²) in [7, 11) is -3.20. The smallest absolute Gasteiger partial charge is 0.253 e. The summed E-state index contributed by atoms with van der Waals surface area (Å²) in [5.41, 5.74) is 1.75. The number of likely N-dealkylation sites (tertiary alicyclic amines) is 1. The van der Waals surface area contributed by atoms with Gasteiger partial charge in [0.15, 0.2) is 0 Å². The molecule has 0 radical (unpaired) electrons. The third-order valence-electron chi connectivity index (χ3n) is 4.60. The fraction of sp³-hybridized carbons (Fsp3) is 0.562. The summed E-state index contributed by atoms with van der Waals surface area (Å²) in [5, 5.41) is 0. The molecule has 6 nitrogen and oxygen atoms in total. The van der Waals surface area contributed by atoms with Crippen molar-refractivity contribution in [2.24, 2.45) is 11.8 Å². The van der Waals surface area contributed by atoms with Crippen LogP contribution in [0.2, 0.25) is 0 Å². The molecule has 1 aromatic rings. The quantitative estimate of drug-likeness (QED) is 0.874. The van der Waals surface area contributed by atoms with Crippen molar-refractivity contribution in [2.45, 2.75) is 13.0 Å². The minimum atomic E-state index is -3.20. The number of benzene rings is 1. The second-order valence-electron chi connectivity index (χ2n) is 6.50. The lowest BCUT2D eigenvalue weighted by Crippen LogP contribution is -2.35. The van der Waals surface area contributed by atoms with Crippen molar-refractivity contribution in [3.05, 3.63) is 35.4 Å². The molecule has 2 fully saturated rings. The van der Waals surface area contributed by atoms with Crippen LogP contribution in [-0.4, -0.2) is 57.8 Å². The molecule has 0 saturated carbocycles. The van der Waals surface area contributed by atoms with Gasteiger partial charge in [0.05, 0.1) is 19.0 Å². The van der Waals surface area contributed by atoms with Crippen LogP contribution in [0.1, 0.15) is 15.9 Å². The van der Waals surface area contributed by atoms with Crippen molar-refractivity contribution in [1.29, 1.82) is 0 Å². The number of fused-ring (bicyclic) bond motifs is 1. The van der Waals surface area contributed by atoms with Gasteiger partial charge in [-0.15, -0.1) is 0 Å². The first kappa shape index (κ1) is 16.4. The molecule has 0 aliphatic carbocycles. The third kappa shape index (κ3) is 3.73. The molecule has 0 aromatic heterocycles. The van der Waals surface area contributed by atoms with E-state index in [9.17, 15) is 13.2 Å². The number of carbonyl (C=O) groups excluding carboxylic acids is 1. The van der Waals surface area contributed by atoms with E-state index in [2.05, 4.69) is 4.72 Å². The largest absolute Gasteiger partial charge is 0.376 e.